The van der Waals surface area contributed by atoms with Crippen molar-refractivity contribution in [1.29, 1.82) is 0 Å². The molecule has 0 amide bonds. The molecule has 0 aromatic heterocycles. The minimum atomic E-state index is -1.01. The lowest BCUT2D eigenvalue weighted by Gasteiger charge is -2.25. The Balaban J connectivity index is 1.54. The highest BCUT2D eigenvalue weighted by atomic mass is 35.5. The van der Waals surface area contributed by atoms with E-state index in [1.165, 1.54) is 5.56 Å². The van der Waals surface area contributed by atoms with Gasteiger partial charge in [-0.2, -0.15) is 0 Å². The molecular weight excluding hydrogens is 512 g/mol. The number of aryl methyl sites for hydroxylation is 1. The SMILES string of the molecule is Cc1cccc(COc2ccccc2CN(CCC(N)C(=O)O)Cc2ccccc2Oc2ccc(Cl)cc2)c1. The van der Waals surface area contributed by atoms with Gasteiger partial charge in [-0.1, -0.05) is 77.8 Å². The molecule has 0 fully saturated rings. The summed E-state index contributed by atoms with van der Waals surface area (Å²) in [5, 5.41) is 9.99. The lowest BCUT2D eigenvalue weighted by molar-refractivity contribution is -0.138. The maximum Gasteiger partial charge on any atom is 0.320 e. The van der Waals surface area contributed by atoms with E-state index in [-0.39, 0.29) is 0 Å². The molecule has 0 aliphatic rings. The highest BCUT2D eigenvalue weighted by Crippen LogP contribution is 2.29. The summed E-state index contributed by atoms with van der Waals surface area (Å²) in [7, 11) is 0. The van der Waals surface area contributed by atoms with Gasteiger partial charge in [0, 0.05) is 35.8 Å². The number of hydrogen-bond donors (Lipinski definition) is 2. The number of carboxylic acids is 1. The van der Waals surface area contributed by atoms with Crippen molar-refractivity contribution in [3.8, 4) is 17.2 Å². The van der Waals surface area contributed by atoms with Crippen LogP contribution in [0.2, 0.25) is 5.02 Å². The number of carbonyl (C=O) groups is 1. The molecular formula is C32H33ClN2O4. The number of aliphatic carboxylic acids is 1. The molecule has 1 atom stereocenters. The van der Waals surface area contributed by atoms with E-state index in [0.29, 0.717) is 43.4 Å². The summed E-state index contributed by atoms with van der Waals surface area (Å²) in [6.07, 6.45) is 0.307. The third-order valence-electron chi connectivity index (χ3n) is 6.32. The van der Waals surface area contributed by atoms with Crippen molar-refractivity contribution in [2.75, 3.05) is 6.54 Å². The maximum absolute atomic E-state index is 11.4. The van der Waals surface area contributed by atoms with Crippen LogP contribution in [0.4, 0.5) is 0 Å². The van der Waals surface area contributed by atoms with Gasteiger partial charge in [-0.05, 0) is 55.3 Å². The average Bonchev–Trinajstić information content (AvgIpc) is 2.93. The monoisotopic (exact) mass is 544 g/mol. The Kier molecular flexibility index (Phi) is 9.97. The van der Waals surface area contributed by atoms with E-state index < -0.39 is 12.0 Å². The lowest BCUT2D eigenvalue weighted by Crippen LogP contribution is -2.35. The van der Waals surface area contributed by atoms with E-state index in [0.717, 1.165) is 28.2 Å². The van der Waals surface area contributed by atoms with Crippen LogP contribution in [0.25, 0.3) is 0 Å². The normalized spacial score (nSPS) is 11.8. The molecule has 0 bridgehead atoms. The molecule has 0 aliphatic carbocycles. The minimum Gasteiger partial charge on any atom is -0.489 e. The van der Waals surface area contributed by atoms with Gasteiger partial charge in [-0.15, -0.1) is 0 Å². The van der Waals surface area contributed by atoms with Crippen molar-refractivity contribution in [2.45, 2.75) is 39.1 Å². The predicted molar refractivity (Wildman–Crippen MR) is 154 cm³/mol. The minimum absolute atomic E-state index is 0.307. The molecule has 4 rings (SSSR count). The number of ether oxygens (including phenoxy) is 2. The van der Waals surface area contributed by atoms with Crippen LogP contribution >= 0.6 is 11.6 Å². The van der Waals surface area contributed by atoms with Crippen LogP contribution in [0, 0.1) is 6.92 Å². The average molecular weight is 545 g/mol. The fourth-order valence-corrected chi connectivity index (χ4v) is 4.37. The first kappa shape index (κ1) is 28.2. The van der Waals surface area contributed by atoms with Crippen LogP contribution < -0.4 is 15.2 Å². The molecule has 0 saturated carbocycles. The van der Waals surface area contributed by atoms with Gasteiger partial charge in [0.15, 0.2) is 0 Å². The number of rotatable bonds is 13. The van der Waals surface area contributed by atoms with Crippen molar-refractivity contribution in [3.63, 3.8) is 0 Å². The van der Waals surface area contributed by atoms with Crippen LogP contribution in [0.1, 0.15) is 28.7 Å². The van der Waals surface area contributed by atoms with Gasteiger partial charge in [-0.25, -0.2) is 0 Å². The Morgan fingerprint density at radius 1 is 0.897 bits per heavy atom. The van der Waals surface area contributed by atoms with Gasteiger partial charge in [0.25, 0.3) is 0 Å². The Labute approximate surface area is 234 Å². The fourth-order valence-electron chi connectivity index (χ4n) is 4.24. The van der Waals surface area contributed by atoms with E-state index in [1.54, 1.807) is 12.1 Å². The van der Waals surface area contributed by atoms with E-state index in [2.05, 4.69) is 24.0 Å². The topological polar surface area (TPSA) is 85.0 Å². The summed E-state index contributed by atoms with van der Waals surface area (Å²) in [5.41, 5.74) is 10.1. The Hall–Kier alpha value is -3.84. The first-order valence-corrected chi connectivity index (χ1v) is 13.2. The number of nitrogens with zero attached hydrogens (tertiary/aromatic N) is 1. The molecule has 0 saturated heterocycles. The standard InChI is InChI=1S/C32H33ClN2O4/c1-23-7-6-8-24(19-23)22-38-30-11-4-2-9-25(30)20-35(18-17-29(34)32(36)37)21-26-10-3-5-12-31(26)39-28-15-13-27(33)14-16-28/h2-16,19,29H,17-18,20-22,34H2,1H3,(H,36,37). The second-order valence-electron chi connectivity index (χ2n) is 9.49. The first-order chi connectivity index (χ1) is 18.9. The number of nitrogens with two attached hydrogens (primary N) is 1. The van der Waals surface area contributed by atoms with Crippen molar-refractivity contribution in [3.05, 3.63) is 124 Å². The predicted octanol–water partition coefficient (Wildman–Crippen LogP) is 6.82. The molecule has 3 N–H and O–H groups in total. The first-order valence-electron chi connectivity index (χ1n) is 12.9. The molecule has 202 valence electrons. The van der Waals surface area contributed by atoms with Crippen LogP contribution in [-0.2, 0) is 24.5 Å². The molecule has 0 heterocycles. The van der Waals surface area contributed by atoms with Gasteiger partial charge in [0.1, 0.15) is 29.9 Å². The lowest BCUT2D eigenvalue weighted by atomic mass is 10.1. The van der Waals surface area contributed by atoms with E-state index in [1.807, 2.05) is 72.8 Å². The molecule has 39 heavy (non-hydrogen) atoms. The zero-order chi connectivity index (χ0) is 27.6. The van der Waals surface area contributed by atoms with E-state index in [4.69, 9.17) is 26.8 Å². The van der Waals surface area contributed by atoms with E-state index in [9.17, 15) is 9.90 Å². The molecule has 1 unspecified atom stereocenters. The smallest absolute Gasteiger partial charge is 0.320 e. The Morgan fingerprint density at radius 3 is 2.21 bits per heavy atom. The summed E-state index contributed by atoms with van der Waals surface area (Å²) < 4.78 is 12.4. The highest BCUT2D eigenvalue weighted by Gasteiger charge is 2.18. The van der Waals surface area contributed by atoms with Crippen molar-refractivity contribution in [1.82, 2.24) is 4.90 Å². The zero-order valence-electron chi connectivity index (χ0n) is 21.9. The van der Waals surface area contributed by atoms with Gasteiger partial charge in [0.2, 0.25) is 0 Å². The zero-order valence-corrected chi connectivity index (χ0v) is 22.7. The number of halogens is 1. The fraction of sp³-hybridized carbons (Fsp3) is 0.219. The van der Waals surface area contributed by atoms with Crippen LogP contribution in [-0.4, -0.2) is 28.6 Å². The summed E-state index contributed by atoms with van der Waals surface area (Å²) in [6, 6.07) is 30.3. The van der Waals surface area contributed by atoms with Gasteiger partial charge >= 0.3 is 5.97 Å². The summed E-state index contributed by atoms with van der Waals surface area (Å²) in [6.45, 7) is 4.08. The molecule has 4 aromatic rings. The van der Waals surface area contributed by atoms with Crippen molar-refractivity contribution >= 4 is 17.6 Å². The summed E-state index contributed by atoms with van der Waals surface area (Å²) in [4.78, 5) is 13.6. The number of benzene rings is 4. The van der Waals surface area contributed by atoms with Crippen molar-refractivity contribution < 1.29 is 19.4 Å². The molecule has 0 radical (unpaired) electrons. The third-order valence-corrected chi connectivity index (χ3v) is 6.58. The Bertz CT molecular complexity index is 1380. The molecule has 4 aromatic carbocycles. The van der Waals surface area contributed by atoms with Gasteiger partial charge in [0.05, 0.1) is 0 Å². The number of para-hydroxylation sites is 2. The van der Waals surface area contributed by atoms with Crippen LogP contribution in [0.5, 0.6) is 17.2 Å². The second-order valence-corrected chi connectivity index (χ2v) is 9.93. The number of carboxylic acid groups (broad SMARTS) is 1. The maximum atomic E-state index is 11.4. The van der Waals surface area contributed by atoms with Crippen LogP contribution in [0.3, 0.4) is 0 Å². The van der Waals surface area contributed by atoms with Gasteiger partial charge < -0.3 is 20.3 Å². The summed E-state index contributed by atoms with van der Waals surface area (Å²) in [5.74, 6) is 1.18. The largest absolute Gasteiger partial charge is 0.489 e. The van der Waals surface area contributed by atoms with Gasteiger partial charge in [-0.3, -0.25) is 9.69 Å². The molecule has 6 nitrogen and oxygen atoms in total. The van der Waals surface area contributed by atoms with Crippen molar-refractivity contribution in [2.24, 2.45) is 5.73 Å². The number of hydrogen-bond acceptors (Lipinski definition) is 5. The molecule has 0 spiro atoms. The molecule has 0 aliphatic heterocycles. The molecule has 7 heteroatoms. The van der Waals surface area contributed by atoms with Crippen LogP contribution in [0.15, 0.2) is 97.1 Å². The Morgan fingerprint density at radius 2 is 1.54 bits per heavy atom. The summed E-state index contributed by atoms with van der Waals surface area (Å²) >= 11 is 6.03. The quantitative estimate of drug-likeness (QED) is 0.192. The highest BCUT2D eigenvalue weighted by molar-refractivity contribution is 6.30. The van der Waals surface area contributed by atoms with E-state index >= 15 is 0 Å². The second kappa shape index (κ2) is 13.8. The third kappa shape index (κ3) is 8.58.